The number of fused-ring (bicyclic) bond motifs is 1. The summed E-state index contributed by atoms with van der Waals surface area (Å²) in [6.45, 7) is 5.11. The Morgan fingerprint density at radius 2 is 1.77 bits per heavy atom. The fourth-order valence-electron chi connectivity index (χ4n) is 3.14. The number of amides is 2. The maximum absolute atomic E-state index is 12.2. The summed E-state index contributed by atoms with van der Waals surface area (Å²) in [5.41, 5.74) is 6.45. The summed E-state index contributed by atoms with van der Waals surface area (Å²) in [4.78, 5) is 43.9. The van der Waals surface area contributed by atoms with Crippen LogP contribution in [-0.2, 0) is 27.2 Å². The second-order valence-electron chi connectivity index (χ2n) is 8.22. The van der Waals surface area contributed by atoms with Gasteiger partial charge in [0.25, 0.3) is 5.91 Å². The third-order valence-corrected chi connectivity index (χ3v) is 4.88. The third kappa shape index (κ3) is 6.74. The van der Waals surface area contributed by atoms with E-state index in [1.165, 1.54) is 23.5 Å². The van der Waals surface area contributed by atoms with Gasteiger partial charge in [0.2, 0.25) is 11.9 Å². The molecule has 0 radical (unpaired) electrons. The van der Waals surface area contributed by atoms with Crippen molar-refractivity contribution in [3.05, 3.63) is 51.8 Å². The first-order valence-electron chi connectivity index (χ1n) is 9.76. The van der Waals surface area contributed by atoms with E-state index in [0.29, 0.717) is 5.95 Å². The Morgan fingerprint density at radius 1 is 1.10 bits per heavy atom. The maximum Gasteiger partial charge on any atom is 0.315 e. The Hall–Kier alpha value is -3.01. The van der Waals surface area contributed by atoms with Gasteiger partial charge in [-0.15, -0.1) is 0 Å². The van der Waals surface area contributed by atoms with Crippen LogP contribution in [0.1, 0.15) is 48.7 Å². The number of carbonyl (C=O) groups excluding carboxylic acids is 3. The highest BCUT2D eigenvalue weighted by atomic mass is 79.9. The van der Waals surface area contributed by atoms with Gasteiger partial charge in [-0.2, -0.15) is 0 Å². The van der Waals surface area contributed by atoms with Crippen LogP contribution in [0.2, 0.25) is 0 Å². The molecule has 0 saturated carbocycles. The smallest absolute Gasteiger partial charge is 0.315 e. The molecule has 0 aliphatic heterocycles. The van der Waals surface area contributed by atoms with Crippen molar-refractivity contribution in [2.75, 3.05) is 5.32 Å². The molecular formula is C21H24BrN5O4. The van der Waals surface area contributed by atoms with Crippen LogP contribution in [0.5, 0.6) is 0 Å². The fraction of sp³-hybridized carbons (Fsp3) is 0.381. The minimum absolute atomic E-state index is 0.168. The van der Waals surface area contributed by atoms with E-state index in [1.54, 1.807) is 20.8 Å². The molecule has 10 heteroatoms. The van der Waals surface area contributed by atoms with Crippen molar-refractivity contribution in [2.24, 2.45) is 0 Å². The highest BCUT2D eigenvalue weighted by molar-refractivity contribution is 9.10. The number of esters is 1. The molecule has 2 aromatic rings. The largest absolute Gasteiger partial charge is 0.460 e. The Bertz CT molecular complexity index is 988. The molecule has 1 aromatic carbocycles. The zero-order valence-corrected chi connectivity index (χ0v) is 19.1. The van der Waals surface area contributed by atoms with Gasteiger partial charge in [-0.1, -0.05) is 22.0 Å². The lowest BCUT2D eigenvalue weighted by Gasteiger charge is -2.19. The molecule has 2 amide bonds. The average Bonchev–Trinajstić information content (AvgIpc) is 3.06. The molecule has 9 nitrogen and oxygen atoms in total. The van der Waals surface area contributed by atoms with Gasteiger partial charge in [0.05, 0.1) is 5.56 Å². The van der Waals surface area contributed by atoms with Crippen molar-refractivity contribution >= 4 is 39.7 Å². The Morgan fingerprint density at radius 3 is 2.45 bits per heavy atom. The maximum atomic E-state index is 12.2. The number of hydrogen-bond acceptors (Lipinski definition) is 7. The van der Waals surface area contributed by atoms with Crippen molar-refractivity contribution in [3.63, 3.8) is 0 Å². The standard InChI is InChI=1S/C21H24BrN5O4/c1-21(2,3)31-18(29)9-17(28)26-27-19(30)14-10-23-20(24-11-14)25-16-7-12-4-5-15(22)6-13(12)8-16/h4-6,10-11,16H,7-9H2,1-3H3,(H,26,28)(H,27,30)(H,23,24,25). The zero-order chi connectivity index (χ0) is 22.6. The second-order valence-corrected chi connectivity index (χ2v) is 9.14. The predicted octanol–water partition coefficient (Wildman–Crippen LogP) is 2.31. The van der Waals surface area contributed by atoms with Crippen LogP contribution in [0.15, 0.2) is 35.1 Å². The van der Waals surface area contributed by atoms with Gasteiger partial charge in [-0.3, -0.25) is 25.2 Å². The van der Waals surface area contributed by atoms with Gasteiger partial charge in [0.15, 0.2) is 0 Å². The Balaban J connectivity index is 1.46. The first-order chi connectivity index (χ1) is 14.6. The summed E-state index contributed by atoms with van der Waals surface area (Å²) in [6, 6.07) is 6.42. The molecule has 0 saturated heterocycles. The van der Waals surface area contributed by atoms with Gasteiger partial charge in [-0.25, -0.2) is 9.97 Å². The van der Waals surface area contributed by atoms with Gasteiger partial charge >= 0.3 is 5.97 Å². The van der Waals surface area contributed by atoms with E-state index in [9.17, 15) is 14.4 Å². The summed E-state index contributed by atoms with van der Waals surface area (Å²) in [6.07, 6.45) is 3.96. The first kappa shape index (κ1) is 22.7. The number of nitrogens with one attached hydrogen (secondary N) is 3. The number of rotatable bonds is 5. The molecule has 1 aliphatic rings. The van der Waals surface area contributed by atoms with E-state index in [0.717, 1.165) is 17.3 Å². The number of nitrogens with zero attached hydrogens (tertiary/aromatic N) is 2. The van der Waals surface area contributed by atoms with Gasteiger partial charge in [0, 0.05) is 22.9 Å². The normalized spacial score (nSPS) is 15.0. The quantitative estimate of drug-likeness (QED) is 0.334. The summed E-state index contributed by atoms with van der Waals surface area (Å²) in [7, 11) is 0. The van der Waals surface area contributed by atoms with Crippen LogP contribution in [-0.4, -0.2) is 39.4 Å². The second kappa shape index (κ2) is 9.42. The van der Waals surface area contributed by atoms with Crippen LogP contribution in [0.25, 0.3) is 0 Å². The van der Waals surface area contributed by atoms with Gasteiger partial charge < -0.3 is 10.1 Å². The van der Waals surface area contributed by atoms with E-state index in [4.69, 9.17) is 4.74 Å². The zero-order valence-electron chi connectivity index (χ0n) is 17.5. The van der Waals surface area contributed by atoms with E-state index in [1.807, 2.05) is 6.07 Å². The van der Waals surface area contributed by atoms with Crippen LogP contribution in [0.4, 0.5) is 5.95 Å². The summed E-state index contributed by atoms with van der Waals surface area (Å²) >= 11 is 3.49. The van der Waals surface area contributed by atoms with Crippen LogP contribution < -0.4 is 16.2 Å². The Kier molecular flexibility index (Phi) is 6.89. The lowest BCUT2D eigenvalue weighted by Crippen LogP contribution is -2.43. The number of aromatic nitrogens is 2. The van der Waals surface area contributed by atoms with Gasteiger partial charge in [-0.05, 0) is 56.9 Å². The molecule has 31 heavy (non-hydrogen) atoms. The number of hydrogen-bond donors (Lipinski definition) is 3. The average molecular weight is 490 g/mol. The van der Waals surface area contributed by atoms with Crippen LogP contribution in [0.3, 0.4) is 0 Å². The minimum Gasteiger partial charge on any atom is -0.460 e. The third-order valence-electron chi connectivity index (χ3n) is 4.39. The molecular weight excluding hydrogens is 466 g/mol. The molecule has 3 rings (SSSR count). The number of anilines is 1. The topological polar surface area (TPSA) is 122 Å². The SMILES string of the molecule is CC(C)(C)OC(=O)CC(=O)NNC(=O)c1cnc(NC2Cc3ccc(Br)cc3C2)nc1. The van der Waals surface area contributed by atoms with Gasteiger partial charge in [0.1, 0.15) is 12.0 Å². The highest BCUT2D eigenvalue weighted by Crippen LogP contribution is 2.26. The molecule has 0 fully saturated rings. The molecule has 0 spiro atoms. The fourth-order valence-corrected chi connectivity index (χ4v) is 3.55. The predicted molar refractivity (Wildman–Crippen MR) is 117 cm³/mol. The summed E-state index contributed by atoms with van der Waals surface area (Å²) in [5, 5.41) is 3.27. The molecule has 3 N–H and O–H groups in total. The highest BCUT2D eigenvalue weighted by Gasteiger charge is 2.22. The first-order valence-corrected chi connectivity index (χ1v) is 10.6. The Labute approximate surface area is 188 Å². The molecule has 164 valence electrons. The lowest BCUT2D eigenvalue weighted by molar-refractivity contribution is -0.156. The number of carbonyl (C=O) groups is 3. The minimum atomic E-state index is -0.689. The van der Waals surface area contributed by atoms with Crippen molar-refractivity contribution in [1.29, 1.82) is 0 Å². The molecule has 0 bridgehead atoms. The van der Waals surface area contributed by atoms with Crippen LogP contribution in [0, 0.1) is 0 Å². The van der Waals surface area contributed by atoms with Crippen molar-refractivity contribution < 1.29 is 19.1 Å². The molecule has 1 aliphatic carbocycles. The van der Waals surface area contributed by atoms with Crippen molar-refractivity contribution in [2.45, 2.75) is 51.7 Å². The number of ether oxygens (including phenoxy) is 1. The molecule has 1 unspecified atom stereocenters. The van der Waals surface area contributed by atoms with E-state index in [-0.39, 0.29) is 11.6 Å². The molecule has 1 atom stereocenters. The number of hydrazine groups is 1. The van der Waals surface area contributed by atoms with Crippen molar-refractivity contribution in [1.82, 2.24) is 20.8 Å². The van der Waals surface area contributed by atoms with E-state index < -0.39 is 29.8 Å². The van der Waals surface area contributed by atoms with E-state index >= 15 is 0 Å². The summed E-state index contributed by atoms with van der Waals surface area (Å²) in [5.74, 6) is -1.54. The molecule has 1 heterocycles. The monoisotopic (exact) mass is 489 g/mol. The number of benzene rings is 1. The van der Waals surface area contributed by atoms with Crippen molar-refractivity contribution in [3.8, 4) is 0 Å². The lowest BCUT2D eigenvalue weighted by atomic mass is 10.1. The molecule has 1 aromatic heterocycles. The van der Waals surface area contributed by atoms with E-state index in [2.05, 4.69) is 54.2 Å². The van der Waals surface area contributed by atoms with Crippen LogP contribution >= 0.6 is 15.9 Å². The number of halogens is 1. The summed E-state index contributed by atoms with van der Waals surface area (Å²) < 4.78 is 6.10.